The fourth-order valence-electron chi connectivity index (χ4n) is 6.31. The van der Waals surface area contributed by atoms with Crippen LogP contribution >= 0.6 is 0 Å². The summed E-state index contributed by atoms with van der Waals surface area (Å²) in [6.45, 7) is 9.59. The second-order valence-electron chi connectivity index (χ2n) is 13.6. The lowest BCUT2D eigenvalue weighted by Crippen LogP contribution is -2.48. The van der Waals surface area contributed by atoms with Crippen molar-refractivity contribution >= 4 is 28.9 Å². The van der Waals surface area contributed by atoms with Crippen molar-refractivity contribution < 1.29 is 19.1 Å². The highest BCUT2D eigenvalue weighted by Gasteiger charge is 2.37. The smallest absolute Gasteiger partial charge is 0.407 e. The summed E-state index contributed by atoms with van der Waals surface area (Å²) in [4.78, 5) is 56.5. The molecule has 0 radical (unpaired) electrons. The number of amides is 3. The number of likely N-dealkylation sites (tertiary alicyclic amines) is 1. The van der Waals surface area contributed by atoms with Gasteiger partial charge in [-0.05, 0) is 81.6 Å². The summed E-state index contributed by atoms with van der Waals surface area (Å²) in [5.74, 6) is 8.37. The van der Waals surface area contributed by atoms with Crippen LogP contribution in [0.5, 0.6) is 0 Å². The maximum Gasteiger partial charge on any atom is 0.407 e. The SMILES string of the molecule is CCC.COC(=O)NCC(=O)NCCCCc1nc2ccc(C#Cc3ccc(-c4cnc(C5CCCN5C(=O)C(C(C)C)N(C)C)[nH]4)cc3)cc2[nH]1. The van der Waals surface area contributed by atoms with Gasteiger partial charge in [-0.25, -0.2) is 14.8 Å². The van der Waals surface area contributed by atoms with Crippen LogP contribution < -0.4 is 10.6 Å². The number of likely N-dealkylation sites (N-methyl/N-ethyl adjacent to an activating group) is 1. The molecule has 1 saturated heterocycles. The van der Waals surface area contributed by atoms with E-state index in [0.29, 0.717) is 6.54 Å². The highest BCUT2D eigenvalue weighted by Crippen LogP contribution is 2.33. The molecule has 1 aliphatic heterocycles. The summed E-state index contributed by atoms with van der Waals surface area (Å²) in [5.41, 5.74) is 5.53. The first-order valence-electron chi connectivity index (χ1n) is 18.3. The molecule has 0 bridgehead atoms. The van der Waals surface area contributed by atoms with Gasteiger partial charge >= 0.3 is 6.09 Å². The molecule has 0 aliphatic carbocycles. The van der Waals surface area contributed by atoms with E-state index in [2.05, 4.69) is 69.9 Å². The number of hydrogen-bond donors (Lipinski definition) is 4. The molecule has 2 unspecified atom stereocenters. The second kappa shape index (κ2) is 19.5. The van der Waals surface area contributed by atoms with Crippen LogP contribution in [0, 0.1) is 17.8 Å². The van der Waals surface area contributed by atoms with E-state index in [1.807, 2.05) is 72.6 Å². The zero-order valence-corrected chi connectivity index (χ0v) is 31.6. The van der Waals surface area contributed by atoms with E-state index in [0.717, 1.165) is 83.7 Å². The number of methoxy groups -OCH3 is 1. The summed E-state index contributed by atoms with van der Waals surface area (Å²) in [6.07, 6.45) is 6.72. The molecule has 3 heterocycles. The molecule has 3 amide bonds. The van der Waals surface area contributed by atoms with Crippen molar-refractivity contribution in [1.82, 2.24) is 40.4 Å². The van der Waals surface area contributed by atoms with Gasteiger partial charge in [-0.2, -0.15) is 0 Å². The maximum absolute atomic E-state index is 13.5. The molecular weight excluding hydrogens is 656 g/mol. The Bertz CT molecular complexity index is 1830. The molecule has 1 fully saturated rings. The van der Waals surface area contributed by atoms with Gasteiger partial charge in [-0.1, -0.05) is 58.1 Å². The van der Waals surface area contributed by atoms with Crippen LogP contribution in [0.3, 0.4) is 0 Å². The van der Waals surface area contributed by atoms with Gasteiger partial charge in [0.15, 0.2) is 0 Å². The van der Waals surface area contributed by atoms with Crippen LogP contribution in [0.25, 0.3) is 22.3 Å². The first-order chi connectivity index (χ1) is 25.0. The number of benzene rings is 2. The highest BCUT2D eigenvalue weighted by atomic mass is 16.5. The standard InChI is InChI=1S/C37H46N8O4.C3H8/c1-24(2)34(44(3)4)36(47)45-20-8-9-31(45)35-39-22-30(43-35)27-16-13-25(14-17-27)11-12-26-15-18-28-29(21-26)42-32(41-28)10-6-7-19-38-33(46)23-40-37(48)49-5;1-3-2/h13-18,21-22,24,31,34H,6-10,19-20,23H2,1-5H3,(H,38,46)(H,39,43)(H,40,48)(H,41,42);3H2,1-2H3. The zero-order valence-electron chi connectivity index (χ0n) is 31.6. The third kappa shape index (κ3) is 10.9. The number of imidazole rings is 2. The number of carbonyl (C=O) groups excluding carboxylic acids is 3. The fourth-order valence-corrected chi connectivity index (χ4v) is 6.31. The minimum atomic E-state index is -0.633. The van der Waals surface area contributed by atoms with Crippen molar-refractivity contribution in [3.8, 4) is 23.1 Å². The summed E-state index contributed by atoms with van der Waals surface area (Å²) >= 11 is 0. The number of rotatable bonds is 12. The number of fused-ring (bicyclic) bond motifs is 1. The quantitative estimate of drug-likeness (QED) is 0.107. The van der Waals surface area contributed by atoms with Crippen molar-refractivity contribution in [3.05, 3.63) is 71.4 Å². The Morgan fingerprint density at radius 1 is 1.02 bits per heavy atom. The number of ether oxygens (including phenoxy) is 1. The van der Waals surface area contributed by atoms with E-state index in [9.17, 15) is 14.4 Å². The van der Waals surface area contributed by atoms with E-state index >= 15 is 0 Å². The van der Waals surface area contributed by atoms with Crippen molar-refractivity contribution in [3.63, 3.8) is 0 Å². The topological polar surface area (TPSA) is 148 Å². The average molecular weight is 711 g/mol. The number of aromatic amines is 2. The van der Waals surface area contributed by atoms with Crippen molar-refractivity contribution in [1.29, 1.82) is 0 Å². The van der Waals surface area contributed by atoms with E-state index in [1.165, 1.54) is 13.5 Å². The van der Waals surface area contributed by atoms with Crippen LogP contribution in [-0.4, -0.2) is 94.5 Å². The largest absolute Gasteiger partial charge is 0.453 e. The second-order valence-corrected chi connectivity index (χ2v) is 13.6. The van der Waals surface area contributed by atoms with Gasteiger partial charge in [-0.15, -0.1) is 0 Å². The molecule has 2 atom stereocenters. The summed E-state index contributed by atoms with van der Waals surface area (Å²) < 4.78 is 4.45. The Labute approximate surface area is 307 Å². The normalized spacial score (nSPS) is 14.4. The number of aromatic nitrogens is 4. The number of unbranched alkanes of at least 4 members (excludes halogenated alkanes) is 1. The van der Waals surface area contributed by atoms with Crippen LogP contribution in [0.2, 0.25) is 0 Å². The van der Waals surface area contributed by atoms with Crippen LogP contribution in [0.15, 0.2) is 48.7 Å². The third-order valence-electron chi connectivity index (χ3n) is 8.71. The molecule has 0 spiro atoms. The van der Waals surface area contributed by atoms with Gasteiger partial charge in [0.2, 0.25) is 11.8 Å². The molecule has 0 saturated carbocycles. The predicted molar refractivity (Wildman–Crippen MR) is 204 cm³/mol. The van der Waals surface area contributed by atoms with Crippen molar-refractivity contribution in [2.24, 2.45) is 5.92 Å². The van der Waals surface area contributed by atoms with E-state index in [1.54, 1.807) is 0 Å². The molecule has 12 heteroatoms. The number of aryl methyl sites for hydroxylation is 1. The number of nitrogens with zero attached hydrogens (tertiary/aromatic N) is 4. The van der Waals surface area contributed by atoms with E-state index in [-0.39, 0.29) is 36.4 Å². The molecule has 1 aliphatic rings. The fraction of sp³-hybridized carbons (Fsp3) is 0.475. The average Bonchev–Trinajstić information content (AvgIpc) is 3.89. The van der Waals surface area contributed by atoms with Crippen LogP contribution in [0.1, 0.15) is 88.6 Å². The highest BCUT2D eigenvalue weighted by molar-refractivity contribution is 5.83. The minimum absolute atomic E-state index is 0.0422. The molecule has 12 nitrogen and oxygen atoms in total. The zero-order chi connectivity index (χ0) is 37.6. The first-order valence-corrected chi connectivity index (χ1v) is 18.3. The number of nitrogens with one attached hydrogen (secondary N) is 4. The summed E-state index contributed by atoms with van der Waals surface area (Å²) in [6, 6.07) is 13.8. The molecule has 4 N–H and O–H groups in total. The lowest BCUT2D eigenvalue weighted by atomic mass is 10.0. The molecule has 5 rings (SSSR count). The molecule has 2 aromatic carbocycles. The molecule has 278 valence electrons. The lowest BCUT2D eigenvalue weighted by Gasteiger charge is -2.33. The molecular formula is C40H54N8O4. The summed E-state index contributed by atoms with van der Waals surface area (Å²) in [7, 11) is 5.19. The van der Waals surface area contributed by atoms with Gasteiger partial charge in [0.25, 0.3) is 0 Å². The van der Waals surface area contributed by atoms with Crippen molar-refractivity contribution in [2.45, 2.75) is 78.3 Å². The Morgan fingerprint density at radius 3 is 2.42 bits per heavy atom. The van der Waals surface area contributed by atoms with Gasteiger partial charge < -0.3 is 30.2 Å². The van der Waals surface area contributed by atoms with E-state index in [4.69, 9.17) is 4.98 Å². The number of hydrogen-bond acceptors (Lipinski definition) is 7. The van der Waals surface area contributed by atoms with Crippen LogP contribution in [0.4, 0.5) is 4.79 Å². The lowest BCUT2D eigenvalue weighted by molar-refractivity contribution is -0.138. The number of H-pyrrole nitrogens is 2. The third-order valence-corrected chi connectivity index (χ3v) is 8.71. The van der Waals surface area contributed by atoms with Gasteiger partial charge in [0.05, 0.1) is 48.7 Å². The molecule has 2 aromatic heterocycles. The minimum Gasteiger partial charge on any atom is -0.453 e. The molecule has 4 aromatic rings. The van der Waals surface area contributed by atoms with Crippen molar-refractivity contribution in [2.75, 3.05) is 40.8 Å². The Balaban J connectivity index is 0.00000195. The number of carbonyl (C=O) groups is 3. The maximum atomic E-state index is 13.5. The van der Waals surface area contributed by atoms with E-state index < -0.39 is 6.09 Å². The van der Waals surface area contributed by atoms with Gasteiger partial charge in [0.1, 0.15) is 11.6 Å². The van der Waals surface area contributed by atoms with Gasteiger partial charge in [-0.3, -0.25) is 14.5 Å². The Hall–Kier alpha value is -5.15. The van der Waals surface area contributed by atoms with Crippen LogP contribution in [-0.2, 0) is 20.7 Å². The monoisotopic (exact) mass is 710 g/mol. The Kier molecular flexibility index (Phi) is 14.8. The predicted octanol–water partition coefficient (Wildman–Crippen LogP) is 5.81. The summed E-state index contributed by atoms with van der Waals surface area (Å²) in [5, 5.41) is 5.13. The molecule has 52 heavy (non-hydrogen) atoms. The van der Waals surface area contributed by atoms with Gasteiger partial charge in [0, 0.05) is 30.6 Å². The Morgan fingerprint density at radius 2 is 1.73 bits per heavy atom. The number of alkyl carbamates (subject to hydrolysis) is 1. The first kappa shape index (κ1) is 39.6.